The highest BCUT2D eigenvalue weighted by molar-refractivity contribution is 6.02. The second kappa shape index (κ2) is 9.55. The smallest absolute Gasteiger partial charge is 0.335 e. The molecule has 4 aromatic rings. The molecule has 6 rings (SSSR count). The third-order valence-electron chi connectivity index (χ3n) is 7.89. The van der Waals surface area contributed by atoms with Crippen molar-refractivity contribution >= 4 is 11.8 Å². The van der Waals surface area contributed by atoms with E-state index in [1.165, 1.54) is 0 Å². The van der Waals surface area contributed by atoms with Crippen molar-refractivity contribution in [2.24, 2.45) is 0 Å². The van der Waals surface area contributed by atoms with Gasteiger partial charge in [-0.25, -0.2) is 4.79 Å². The number of ether oxygens (including phenoxy) is 1. The lowest BCUT2D eigenvalue weighted by atomic mass is 9.58. The Bertz CT molecular complexity index is 1500. The Labute approximate surface area is 222 Å². The number of rotatable bonds is 6. The molecule has 1 heterocycles. The lowest BCUT2D eigenvalue weighted by molar-refractivity contribution is -0.159. The molecular formula is C34H28O4. The first kappa shape index (κ1) is 24.1. The number of ketones is 1. The van der Waals surface area contributed by atoms with Gasteiger partial charge in [-0.1, -0.05) is 121 Å². The molecule has 1 fully saturated rings. The summed E-state index contributed by atoms with van der Waals surface area (Å²) in [4.78, 5) is 27.9. The van der Waals surface area contributed by atoms with Gasteiger partial charge < -0.3 is 9.84 Å². The van der Waals surface area contributed by atoms with Crippen LogP contribution >= 0.6 is 0 Å². The van der Waals surface area contributed by atoms with Gasteiger partial charge in [0, 0.05) is 36.3 Å². The van der Waals surface area contributed by atoms with Gasteiger partial charge in [-0.05, 0) is 22.3 Å². The molecular weight excluding hydrogens is 472 g/mol. The predicted octanol–water partition coefficient (Wildman–Crippen LogP) is 5.71. The van der Waals surface area contributed by atoms with E-state index in [2.05, 4.69) is 0 Å². The van der Waals surface area contributed by atoms with Crippen LogP contribution in [-0.4, -0.2) is 22.5 Å². The van der Waals surface area contributed by atoms with Crippen molar-refractivity contribution in [3.05, 3.63) is 155 Å². The molecule has 0 radical (unpaired) electrons. The number of Topliss-reactive ketones (excluding diaryl/α,β-unsaturated/α-hetero) is 1. The second-order valence-corrected chi connectivity index (χ2v) is 10.1. The molecule has 4 nitrogen and oxygen atoms in total. The molecule has 0 amide bonds. The molecule has 0 aromatic heterocycles. The summed E-state index contributed by atoms with van der Waals surface area (Å²) in [7, 11) is 0. The SMILES string of the molecule is O=C1OC2(Cc3ccccc3)C(=C1Cc1ccccc1)C(O)(c1ccccc1)C(=O)CC2c1ccccc1. The molecule has 1 aliphatic carbocycles. The summed E-state index contributed by atoms with van der Waals surface area (Å²) in [6.45, 7) is 0. The van der Waals surface area contributed by atoms with E-state index in [4.69, 9.17) is 4.74 Å². The van der Waals surface area contributed by atoms with Gasteiger partial charge in [0.2, 0.25) is 0 Å². The third kappa shape index (κ3) is 3.89. The largest absolute Gasteiger partial charge is 0.450 e. The van der Waals surface area contributed by atoms with Crippen LogP contribution in [0.4, 0.5) is 0 Å². The van der Waals surface area contributed by atoms with E-state index in [1.54, 1.807) is 24.3 Å². The minimum Gasteiger partial charge on any atom is -0.450 e. The van der Waals surface area contributed by atoms with Crippen LogP contribution in [-0.2, 0) is 32.8 Å². The molecule has 38 heavy (non-hydrogen) atoms. The van der Waals surface area contributed by atoms with E-state index in [0.29, 0.717) is 23.1 Å². The van der Waals surface area contributed by atoms with Gasteiger partial charge >= 0.3 is 5.97 Å². The maximum absolute atomic E-state index is 14.1. The van der Waals surface area contributed by atoms with Crippen molar-refractivity contribution < 1.29 is 19.4 Å². The fourth-order valence-electron chi connectivity index (χ4n) is 6.21. The van der Waals surface area contributed by atoms with Crippen LogP contribution in [0, 0.1) is 0 Å². The Morgan fingerprint density at radius 1 is 0.711 bits per heavy atom. The molecule has 4 aromatic carbocycles. The van der Waals surface area contributed by atoms with Crippen LogP contribution in [0.2, 0.25) is 0 Å². The molecule has 1 saturated carbocycles. The molecule has 0 spiro atoms. The zero-order valence-corrected chi connectivity index (χ0v) is 20.9. The van der Waals surface area contributed by atoms with Gasteiger partial charge in [0.1, 0.15) is 5.60 Å². The van der Waals surface area contributed by atoms with Crippen molar-refractivity contribution in [2.45, 2.75) is 36.4 Å². The zero-order chi connectivity index (χ0) is 26.2. The summed E-state index contributed by atoms with van der Waals surface area (Å²) < 4.78 is 6.45. The first-order valence-electron chi connectivity index (χ1n) is 12.9. The Morgan fingerprint density at radius 2 is 1.24 bits per heavy atom. The van der Waals surface area contributed by atoms with Gasteiger partial charge in [-0.2, -0.15) is 0 Å². The summed E-state index contributed by atoms with van der Waals surface area (Å²) in [5.74, 6) is -1.27. The van der Waals surface area contributed by atoms with Crippen molar-refractivity contribution in [1.29, 1.82) is 0 Å². The summed E-state index contributed by atoms with van der Waals surface area (Å²) in [5.41, 5.74) is 0.731. The van der Waals surface area contributed by atoms with E-state index in [0.717, 1.165) is 16.7 Å². The first-order chi connectivity index (χ1) is 18.5. The molecule has 1 N–H and O–H groups in total. The topological polar surface area (TPSA) is 63.6 Å². The molecule has 2 aliphatic rings. The van der Waals surface area contributed by atoms with Gasteiger partial charge in [0.25, 0.3) is 0 Å². The normalized spacial score (nSPS) is 24.7. The van der Waals surface area contributed by atoms with Gasteiger partial charge in [-0.15, -0.1) is 0 Å². The first-order valence-corrected chi connectivity index (χ1v) is 12.9. The van der Waals surface area contributed by atoms with Crippen LogP contribution in [0.5, 0.6) is 0 Å². The summed E-state index contributed by atoms with van der Waals surface area (Å²) >= 11 is 0. The van der Waals surface area contributed by atoms with Crippen LogP contribution in [0.1, 0.15) is 34.6 Å². The molecule has 3 atom stereocenters. The lowest BCUT2D eigenvalue weighted by Crippen LogP contribution is -2.57. The molecule has 188 valence electrons. The number of hydrogen-bond acceptors (Lipinski definition) is 4. The van der Waals surface area contributed by atoms with Gasteiger partial charge in [-0.3, -0.25) is 4.79 Å². The highest BCUT2D eigenvalue weighted by atomic mass is 16.6. The highest BCUT2D eigenvalue weighted by Gasteiger charge is 2.65. The van der Waals surface area contributed by atoms with E-state index in [9.17, 15) is 14.7 Å². The number of benzene rings is 4. The van der Waals surface area contributed by atoms with Crippen LogP contribution in [0.25, 0.3) is 0 Å². The number of carbonyl (C=O) groups excluding carboxylic acids is 2. The van der Waals surface area contributed by atoms with Crippen LogP contribution < -0.4 is 0 Å². The van der Waals surface area contributed by atoms with Crippen molar-refractivity contribution in [3.63, 3.8) is 0 Å². The minimum atomic E-state index is -1.99. The molecule has 0 saturated heterocycles. The third-order valence-corrected chi connectivity index (χ3v) is 7.89. The average Bonchev–Trinajstić information content (AvgIpc) is 3.24. The fourth-order valence-corrected chi connectivity index (χ4v) is 6.21. The van der Waals surface area contributed by atoms with E-state index >= 15 is 0 Å². The lowest BCUT2D eigenvalue weighted by Gasteiger charge is -2.48. The molecule has 1 aliphatic heterocycles. The predicted molar refractivity (Wildman–Crippen MR) is 145 cm³/mol. The zero-order valence-electron chi connectivity index (χ0n) is 20.9. The monoisotopic (exact) mass is 500 g/mol. The average molecular weight is 501 g/mol. The highest BCUT2D eigenvalue weighted by Crippen LogP contribution is 2.58. The maximum atomic E-state index is 14.1. The number of hydrogen-bond donors (Lipinski definition) is 1. The summed E-state index contributed by atoms with van der Waals surface area (Å²) in [5, 5.41) is 12.5. The Morgan fingerprint density at radius 3 is 1.84 bits per heavy atom. The summed E-state index contributed by atoms with van der Waals surface area (Å²) in [6.07, 6.45) is 0.641. The summed E-state index contributed by atoms with van der Waals surface area (Å²) in [6, 6.07) is 38.2. The van der Waals surface area contributed by atoms with Crippen molar-refractivity contribution in [1.82, 2.24) is 0 Å². The fraction of sp³-hybridized carbons (Fsp3) is 0.176. The molecule has 0 bridgehead atoms. The standard InChI is InChI=1S/C34H28O4/c35-30-22-29(26-17-9-3-10-18-26)33(23-25-15-7-2-8-16-25)31(34(30,37)27-19-11-4-12-20-27)28(32(36)38-33)21-24-13-5-1-6-14-24/h1-20,29,37H,21-23H2. The van der Waals surface area contributed by atoms with Crippen LogP contribution in [0.3, 0.4) is 0 Å². The van der Waals surface area contributed by atoms with Crippen molar-refractivity contribution in [2.75, 3.05) is 0 Å². The van der Waals surface area contributed by atoms with E-state index < -0.39 is 23.1 Å². The minimum absolute atomic E-state index is 0.0393. The van der Waals surface area contributed by atoms with E-state index in [-0.39, 0.29) is 18.6 Å². The quantitative estimate of drug-likeness (QED) is 0.345. The second-order valence-electron chi connectivity index (χ2n) is 10.1. The molecule has 4 heteroatoms. The van der Waals surface area contributed by atoms with Crippen molar-refractivity contribution in [3.8, 4) is 0 Å². The number of esters is 1. The number of carbonyl (C=O) groups is 2. The Kier molecular flexibility index (Phi) is 6.05. The maximum Gasteiger partial charge on any atom is 0.335 e. The van der Waals surface area contributed by atoms with Crippen LogP contribution in [0.15, 0.2) is 132 Å². The van der Waals surface area contributed by atoms with E-state index in [1.807, 2.05) is 97.1 Å². The number of aliphatic hydroxyl groups is 1. The Balaban J connectivity index is 1.65. The Hall–Kier alpha value is -4.28. The van der Waals surface area contributed by atoms with Gasteiger partial charge in [0.05, 0.1) is 0 Å². The number of fused-ring (bicyclic) bond motifs is 1. The molecule has 3 unspecified atom stereocenters. The van der Waals surface area contributed by atoms with Gasteiger partial charge in [0.15, 0.2) is 11.4 Å².